The molecule has 0 spiro atoms. The van der Waals surface area contributed by atoms with E-state index in [-0.39, 0.29) is 5.91 Å². The van der Waals surface area contributed by atoms with Gasteiger partial charge in [-0.1, -0.05) is 12.1 Å². The fraction of sp³-hybridized carbons (Fsp3) is 0.600. The van der Waals surface area contributed by atoms with Crippen molar-refractivity contribution in [2.45, 2.75) is 13.3 Å². The fourth-order valence-electron chi connectivity index (χ4n) is 1.61. The summed E-state index contributed by atoms with van der Waals surface area (Å²) >= 11 is 0. The smallest absolute Gasteiger partial charge is 0.276 e. The highest BCUT2D eigenvalue weighted by atomic mass is 16.5. The predicted molar refractivity (Wildman–Crippen MR) is 54.7 cm³/mol. The van der Waals surface area contributed by atoms with Gasteiger partial charge in [-0.2, -0.15) is 0 Å². The number of carbonyl (C=O) groups is 1. The number of hydrogen-bond donors (Lipinski definition) is 1. The molecule has 15 heavy (non-hydrogen) atoms. The summed E-state index contributed by atoms with van der Waals surface area (Å²) in [6, 6.07) is 1.73. The average molecular weight is 209 g/mol. The number of piperazine rings is 1. The Kier molecular flexibility index (Phi) is 3.01. The number of aryl methyl sites for hydroxylation is 1. The molecule has 0 unspecified atom stereocenters. The zero-order valence-corrected chi connectivity index (χ0v) is 8.82. The highest BCUT2D eigenvalue weighted by molar-refractivity contribution is 5.92. The molecular weight excluding hydrogens is 194 g/mol. The Labute approximate surface area is 88.4 Å². The summed E-state index contributed by atoms with van der Waals surface area (Å²) in [5.41, 5.74) is 0.425. The molecule has 0 aromatic carbocycles. The van der Waals surface area contributed by atoms with Gasteiger partial charge in [-0.3, -0.25) is 4.79 Å². The molecule has 1 aliphatic heterocycles. The number of aromatic nitrogens is 1. The SMILES string of the molecule is CCc1cc(C(=O)N2CCNCC2)no1. The molecule has 1 saturated heterocycles. The van der Waals surface area contributed by atoms with E-state index >= 15 is 0 Å². The van der Waals surface area contributed by atoms with E-state index < -0.39 is 0 Å². The second-order valence-electron chi connectivity index (χ2n) is 3.57. The van der Waals surface area contributed by atoms with E-state index in [0.717, 1.165) is 38.4 Å². The molecular formula is C10H15N3O2. The summed E-state index contributed by atoms with van der Waals surface area (Å²) < 4.78 is 5.01. The Hall–Kier alpha value is -1.36. The van der Waals surface area contributed by atoms with Gasteiger partial charge in [0.05, 0.1) is 0 Å². The average Bonchev–Trinajstić information content (AvgIpc) is 2.78. The molecule has 5 nitrogen and oxygen atoms in total. The first-order chi connectivity index (χ1) is 7.31. The molecule has 2 rings (SSSR count). The minimum atomic E-state index is -0.0278. The zero-order valence-electron chi connectivity index (χ0n) is 8.82. The summed E-state index contributed by atoms with van der Waals surface area (Å²) in [6.07, 6.45) is 0.766. The molecule has 5 heteroatoms. The van der Waals surface area contributed by atoms with Crippen molar-refractivity contribution in [2.75, 3.05) is 26.2 Å². The van der Waals surface area contributed by atoms with Crippen LogP contribution in [0.4, 0.5) is 0 Å². The summed E-state index contributed by atoms with van der Waals surface area (Å²) in [6.45, 7) is 5.16. The van der Waals surface area contributed by atoms with Crippen LogP contribution in [-0.4, -0.2) is 42.1 Å². The number of rotatable bonds is 2. The maximum atomic E-state index is 11.9. The predicted octanol–water partition coefficient (Wildman–Crippen LogP) is 0.282. The summed E-state index contributed by atoms with van der Waals surface area (Å²) in [7, 11) is 0. The number of carbonyl (C=O) groups excluding carboxylic acids is 1. The molecule has 0 atom stereocenters. The van der Waals surface area contributed by atoms with Crippen LogP contribution in [0.15, 0.2) is 10.6 Å². The van der Waals surface area contributed by atoms with Crippen molar-refractivity contribution < 1.29 is 9.32 Å². The molecule has 1 amide bonds. The zero-order chi connectivity index (χ0) is 10.7. The van der Waals surface area contributed by atoms with Crippen LogP contribution in [0.25, 0.3) is 0 Å². The van der Waals surface area contributed by atoms with Crippen LogP contribution in [0.2, 0.25) is 0 Å². The van der Waals surface area contributed by atoms with E-state index in [1.165, 1.54) is 0 Å². The second kappa shape index (κ2) is 4.44. The molecule has 1 aromatic rings. The highest BCUT2D eigenvalue weighted by Crippen LogP contribution is 2.08. The third-order valence-corrected chi connectivity index (χ3v) is 2.53. The van der Waals surface area contributed by atoms with Crippen LogP contribution in [0.5, 0.6) is 0 Å². The van der Waals surface area contributed by atoms with Crippen LogP contribution >= 0.6 is 0 Å². The molecule has 0 saturated carbocycles. The van der Waals surface area contributed by atoms with Gasteiger partial charge in [-0.25, -0.2) is 0 Å². The molecule has 82 valence electrons. The van der Waals surface area contributed by atoms with Gasteiger partial charge in [-0.15, -0.1) is 0 Å². The van der Waals surface area contributed by atoms with E-state index in [2.05, 4.69) is 10.5 Å². The Bertz CT molecular complexity index is 342. The first kappa shape index (κ1) is 10.2. The molecule has 1 aliphatic rings. The van der Waals surface area contributed by atoms with Gasteiger partial charge in [0.25, 0.3) is 5.91 Å². The van der Waals surface area contributed by atoms with Crippen molar-refractivity contribution in [3.8, 4) is 0 Å². The standard InChI is InChI=1S/C10H15N3O2/c1-2-8-7-9(12-15-8)10(14)13-5-3-11-4-6-13/h7,11H,2-6H2,1H3. The lowest BCUT2D eigenvalue weighted by molar-refractivity contribution is 0.0725. The largest absolute Gasteiger partial charge is 0.361 e. The van der Waals surface area contributed by atoms with E-state index in [1.807, 2.05) is 6.92 Å². The van der Waals surface area contributed by atoms with E-state index in [9.17, 15) is 4.79 Å². The van der Waals surface area contributed by atoms with Gasteiger partial charge in [0.2, 0.25) is 0 Å². The summed E-state index contributed by atoms with van der Waals surface area (Å²) in [5.74, 6) is 0.730. The van der Waals surface area contributed by atoms with Gasteiger partial charge in [0.15, 0.2) is 5.69 Å². The molecule has 0 bridgehead atoms. The van der Waals surface area contributed by atoms with Crippen molar-refractivity contribution >= 4 is 5.91 Å². The number of nitrogens with one attached hydrogen (secondary N) is 1. The van der Waals surface area contributed by atoms with E-state index in [4.69, 9.17) is 4.52 Å². The summed E-state index contributed by atoms with van der Waals surface area (Å²) in [4.78, 5) is 13.7. The maximum absolute atomic E-state index is 11.9. The number of nitrogens with zero attached hydrogens (tertiary/aromatic N) is 2. The molecule has 0 radical (unpaired) electrons. The lowest BCUT2D eigenvalue weighted by atomic mass is 10.2. The minimum absolute atomic E-state index is 0.0278. The van der Waals surface area contributed by atoms with Crippen LogP contribution in [0.3, 0.4) is 0 Å². The van der Waals surface area contributed by atoms with Gasteiger partial charge in [-0.05, 0) is 0 Å². The Morgan fingerprint density at radius 1 is 1.60 bits per heavy atom. The van der Waals surface area contributed by atoms with E-state index in [0.29, 0.717) is 5.69 Å². The Morgan fingerprint density at radius 3 is 2.93 bits per heavy atom. The fourth-order valence-corrected chi connectivity index (χ4v) is 1.61. The molecule has 1 fully saturated rings. The van der Waals surface area contributed by atoms with Crippen molar-refractivity contribution in [3.05, 3.63) is 17.5 Å². The molecule has 1 N–H and O–H groups in total. The third kappa shape index (κ3) is 2.18. The van der Waals surface area contributed by atoms with Crippen molar-refractivity contribution in [1.82, 2.24) is 15.4 Å². The van der Waals surface area contributed by atoms with Gasteiger partial charge < -0.3 is 14.7 Å². The van der Waals surface area contributed by atoms with Crippen molar-refractivity contribution in [3.63, 3.8) is 0 Å². The summed E-state index contributed by atoms with van der Waals surface area (Å²) in [5, 5.41) is 6.98. The van der Waals surface area contributed by atoms with Gasteiger partial charge >= 0.3 is 0 Å². The maximum Gasteiger partial charge on any atom is 0.276 e. The van der Waals surface area contributed by atoms with Crippen molar-refractivity contribution in [1.29, 1.82) is 0 Å². The van der Waals surface area contributed by atoms with Crippen LogP contribution < -0.4 is 5.32 Å². The number of hydrogen-bond acceptors (Lipinski definition) is 4. The Balaban J connectivity index is 2.05. The molecule has 1 aromatic heterocycles. The van der Waals surface area contributed by atoms with Crippen LogP contribution in [-0.2, 0) is 6.42 Å². The Morgan fingerprint density at radius 2 is 2.33 bits per heavy atom. The molecule has 2 heterocycles. The minimum Gasteiger partial charge on any atom is -0.361 e. The van der Waals surface area contributed by atoms with Crippen LogP contribution in [0.1, 0.15) is 23.2 Å². The number of amides is 1. The van der Waals surface area contributed by atoms with Gasteiger partial charge in [0, 0.05) is 38.7 Å². The lowest BCUT2D eigenvalue weighted by Gasteiger charge is -2.26. The topological polar surface area (TPSA) is 58.4 Å². The van der Waals surface area contributed by atoms with Gasteiger partial charge in [0.1, 0.15) is 5.76 Å². The van der Waals surface area contributed by atoms with E-state index in [1.54, 1.807) is 11.0 Å². The first-order valence-electron chi connectivity index (χ1n) is 5.27. The first-order valence-corrected chi connectivity index (χ1v) is 5.27. The third-order valence-electron chi connectivity index (χ3n) is 2.53. The lowest BCUT2D eigenvalue weighted by Crippen LogP contribution is -2.46. The molecule has 0 aliphatic carbocycles. The van der Waals surface area contributed by atoms with Crippen molar-refractivity contribution in [2.24, 2.45) is 0 Å². The monoisotopic (exact) mass is 209 g/mol. The highest BCUT2D eigenvalue weighted by Gasteiger charge is 2.20. The van der Waals surface area contributed by atoms with Crippen LogP contribution in [0, 0.1) is 0 Å². The second-order valence-corrected chi connectivity index (χ2v) is 3.57. The quantitative estimate of drug-likeness (QED) is 0.760. The normalized spacial score (nSPS) is 16.7.